The Morgan fingerprint density at radius 2 is 2.24 bits per heavy atom. The van der Waals surface area contributed by atoms with Crippen LogP contribution < -0.4 is 10.2 Å². The van der Waals surface area contributed by atoms with Gasteiger partial charge >= 0.3 is 0 Å². The number of hydrogen-bond donors (Lipinski definition) is 1. The summed E-state index contributed by atoms with van der Waals surface area (Å²) in [5.41, 5.74) is 2.81. The topological polar surface area (TPSA) is 75.9 Å². The lowest BCUT2D eigenvalue weighted by Crippen LogP contribution is -2.23. The molecule has 1 fully saturated rings. The smallest absolute Gasteiger partial charge is 0.227 e. The van der Waals surface area contributed by atoms with E-state index < -0.39 is 0 Å². The molecule has 0 bridgehead atoms. The molecule has 0 unspecified atom stereocenters. The Morgan fingerprint density at radius 3 is 2.92 bits per heavy atom. The van der Waals surface area contributed by atoms with Crippen LogP contribution in [-0.2, 0) is 18.4 Å². The van der Waals surface area contributed by atoms with Gasteiger partial charge < -0.3 is 10.2 Å². The van der Waals surface area contributed by atoms with Crippen molar-refractivity contribution in [1.29, 1.82) is 0 Å². The molecule has 1 amide bonds. The monoisotopic (exact) mass is 354 g/mol. The van der Waals surface area contributed by atoms with Gasteiger partial charge in [0.1, 0.15) is 10.8 Å². The van der Waals surface area contributed by atoms with Gasteiger partial charge in [-0.25, -0.2) is 9.97 Å². The van der Waals surface area contributed by atoms with Crippen molar-refractivity contribution in [3.63, 3.8) is 0 Å². The number of aryl methyl sites for hydroxylation is 1. The van der Waals surface area contributed by atoms with Crippen LogP contribution in [0.15, 0.2) is 36.1 Å². The fourth-order valence-corrected chi connectivity index (χ4v) is 3.56. The molecule has 0 saturated carbocycles. The Morgan fingerprint density at radius 1 is 1.32 bits per heavy atom. The Balaban J connectivity index is 1.38. The molecule has 3 aromatic rings. The van der Waals surface area contributed by atoms with E-state index in [0.717, 1.165) is 40.7 Å². The molecule has 25 heavy (non-hydrogen) atoms. The summed E-state index contributed by atoms with van der Waals surface area (Å²) in [6.07, 6.45) is 7.05. The lowest BCUT2D eigenvalue weighted by molar-refractivity contribution is -0.117. The summed E-state index contributed by atoms with van der Waals surface area (Å²) in [6.45, 7) is 1.39. The van der Waals surface area contributed by atoms with E-state index in [0.29, 0.717) is 13.0 Å². The van der Waals surface area contributed by atoms with Gasteiger partial charge in [0.25, 0.3) is 0 Å². The standard InChI is InChI=1S/C17H18N6OS/c1-22-10-12(7-20-22)14-11-25-16(21-14)9-19-15-5-4-13(8-18-15)23-6-2-3-17(23)24/h4-5,7-8,10-11H,2-3,6,9H2,1H3,(H,18,19). The Hall–Kier alpha value is -2.74. The van der Waals surface area contributed by atoms with Gasteiger partial charge in [-0.2, -0.15) is 5.10 Å². The molecular formula is C17H18N6OS. The van der Waals surface area contributed by atoms with Crippen molar-refractivity contribution >= 4 is 28.7 Å². The van der Waals surface area contributed by atoms with E-state index in [-0.39, 0.29) is 5.91 Å². The van der Waals surface area contributed by atoms with Gasteiger partial charge in [-0.15, -0.1) is 11.3 Å². The fourth-order valence-electron chi connectivity index (χ4n) is 2.82. The second kappa shape index (κ2) is 6.64. The molecule has 0 radical (unpaired) electrons. The third-order valence-electron chi connectivity index (χ3n) is 4.11. The predicted octanol–water partition coefficient (Wildman–Crippen LogP) is 2.68. The maximum atomic E-state index is 11.8. The van der Waals surface area contributed by atoms with Crippen molar-refractivity contribution in [2.75, 3.05) is 16.8 Å². The van der Waals surface area contributed by atoms with Gasteiger partial charge in [-0.1, -0.05) is 0 Å². The summed E-state index contributed by atoms with van der Waals surface area (Å²) in [5.74, 6) is 0.946. The lowest BCUT2D eigenvalue weighted by atomic mass is 10.3. The van der Waals surface area contributed by atoms with Crippen LogP contribution in [0.2, 0.25) is 0 Å². The van der Waals surface area contributed by atoms with Crippen molar-refractivity contribution < 1.29 is 4.79 Å². The maximum absolute atomic E-state index is 11.8. The van der Waals surface area contributed by atoms with Crippen LogP contribution in [-0.4, -0.2) is 32.2 Å². The van der Waals surface area contributed by atoms with Crippen molar-refractivity contribution in [2.45, 2.75) is 19.4 Å². The summed E-state index contributed by atoms with van der Waals surface area (Å²) in [7, 11) is 1.89. The number of amides is 1. The van der Waals surface area contributed by atoms with E-state index in [1.54, 1.807) is 27.1 Å². The number of nitrogens with zero attached hydrogens (tertiary/aromatic N) is 5. The molecule has 1 aliphatic rings. The van der Waals surface area contributed by atoms with E-state index in [9.17, 15) is 4.79 Å². The van der Waals surface area contributed by atoms with Crippen LogP contribution in [0.1, 0.15) is 17.8 Å². The van der Waals surface area contributed by atoms with Gasteiger partial charge in [0.2, 0.25) is 5.91 Å². The number of carbonyl (C=O) groups excluding carboxylic acids is 1. The summed E-state index contributed by atoms with van der Waals surface area (Å²) in [6, 6.07) is 3.83. The zero-order valence-electron chi connectivity index (χ0n) is 13.8. The van der Waals surface area contributed by atoms with Crippen LogP contribution in [0.5, 0.6) is 0 Å². The molecule has 0 aliphatic carbocycles. The highest BCUT2D eigenvalue weighted by molar-refractivity contribution is 7.09. The number of aromatic nitrogens is 4. The predicted molar refractivity (Wildman–Crippen MR) is 97.5 cm³/mol. The van der Waals surface area contributed by atoms with E-state index in [1.165, 1.54) is 0 Å². The van der Waals surface area contributed by atoms with E-state index in [1.807, 2.05) is 37.0 Å². The zero-order valence-corrected chi connectivity index (χ0v) is 14.7. The van der Waals surface area contributed by atoms with Crippen LogP contribution in [0.4, 0.5) is 11.5 Å². The van der Waals surface area contributed by atoms with Crippen molar-refractivity contribution in [3.8, 4) is 11.3 Å². The molecule has 1 aliphatic heterocycles. The average Bonchev–Trinajstić information content (AvgIpc) is 3.34. The zero-order chi connectivity index (χ0) is 17.2. The van der Waals surface area contributed by atoms with Crippen LogP contribution in [0.25, 0.3) is 11.3 Å². The molecule has 4 rings (SSSR count). The molecule has 8 heteroatoms. The summed E-state index contributed by atoms with van der Waals surface area (Å²) in [4.78, 5) is 22.6. The normalized spacial score (nSPS) is 14.3. The highest BCUT2D eigenvalue weighted by atomic mass is 32.1. The Kier molecular flexibility index (Phi) is 4.19. The number of thiazole rings is 1. The van der Waals surface area contributed by atoms with E-state index in [4.69, 9.17) is 0 Å². The van der Waals surface area contributed by atoms with Crippen molar-refractivity contribution in [1.82, 2.24) is 19.7 Å². The first kappa shape index (κ1) is 15.8. The van der Waals surface area contributed by atoms with Gasteiger partial charge in [-0.3, -0.25) is 9.48 Å². The molecular weight excluding hydrogens is 336 g/mol. The molecule has 4 heterocycles. The van der Waals surface area contributed by atoms with E-state index in [2.05, 4.69) is 20.4 Å². The number of hydrogen-bond acceptors (Lipinski definition) is 6. The Bertz CT molecular complexity index is 885. The minimum absolute atomic E-state index is 0.174. The molecule has 0 spiro atoms. The number of nitrogens with one attached hydrogen (secondary N) is 1. The first-order valence-corrected chi connectivity index (χ1v) is 9.01. The molecule has 1 N–H and O–H groups in total. The number of pyridine rings is 1. The van der Waals surface area contributed by atoms with Gasteiger partial charge in [0.05, 0.1) is 30.3 Å². The minimum atomic E-state index is 0.174. The molecule has 0 aromatic carbocycles. The SMILES string of the molecule is Cn1cc(-c2csc(CNc3ccc(N4CCCC4=O)cn3)n2)cn1. The second-order valence-corrected chi connectivity index (χ2v) is 6.88. The Labute approximate surface area is 149 Å². The number of rotatable bonds is 5. The second-order valence-electron chi connectivity index (χ2n) is 5.93. The van der Waals surface area contributed by atoms with Crippen LogP contribution in [0, 0.1) is 0 Å². The largest absolute Gasteiger partial charge is 0.364 e. The van der Waals surface area contributed by atoms with Gasteiger partial charge in [0.15, 0.2) is 0 Å². The molecule has 1 saturated heterocycles. The van der Waals surface area contributed by atoms with Crippen molar-refractivity contribution in [3.05, 3.63) is 41.1 Å². The summed E-state index contributed by atoms with van der Waals surface area (Å²) >= 11 is 1.61. The molecule has 128 valence electrons. The minimum Gasteiger partial charge on any atom is -0.364 e. The van der Waals surface area contributed by atoms with Gasteiger partial charge in [0, 0.05) is 37.2 Å². The first-order valence-electron chi connectivity index (χ1n) is 8.13. The van der Waals surface area contributed by atoms with E-state index >= 15 is 0 Å². The summed E-state index contributed by atoms with van der Waals surface area (Å²) < 4.78 is 1.77. The molecule has 0 atom stereocenters. The highest BCUT2D eigenvalue weighted by Gasteiger charge is 2.21. The average molecular weight is 354 g/mol. The quantitative estimate of drug-likeness (QED) is 0.762. The maximum Gasteiger partial charge on any atom is 0.227 e. The number of anilines is 2. The van der Waals surface area contributed by atoms with Crippen LogP contribution >= 0.6 is 11.3 Å². The van der Waals surface area contributed by atoms with Crippen molar-refractivity contribution in [2.24, 2.45) is 7.05 Å². The highest BCUT2D eigenvalue weighted by Crippen LogP contribution is 2.23. The van der Waals surface area contributed by atoms with Gasteiger partial charge in [-0.05, 0) is 18.6 Å². The third-order valence-corrected chi connectivity index (χ3v) is 4.95. The first-order chi connectivity index (χ1) is 12.2. The summed E-state index contributed by atoms with van der Waals surface area (Å²) in [5, 5.41) is 10.5. The van der Waals surface area contributed by atoms with Crippen LogP contribution in [0.3, 0.4) is 0 Å². The molecule has 7 nitrogen and oxygen atoms in total. The molecule has 3 aromatic heterocycles. The fraction of sp³-hybridized carbons (Fsp3) is 0.294. The third kappa shape index (κ3) is 3.39. The number of carbonyl (C=O) groups is 1. The lowest BCUT2D eigenvalue weighted by Gasteiger charge is -2.15.